The number of alkyl carbamates (subject to hydrolysis) is 1. The molecular weight excluding hydrogens is 332 g/mol. The average Bonchev–Trinajstić information content (AvgIpc) is 2.58. The number of amides is 2. The number of aryl methyl sites for hydroxylation is 1. The number of nitrogens with zero attached hydrogens (tertiary/aromatic N) is 1. The average molecular weight is 362 g/mol. The smallest absolute Gasteiger partial charge is 0.407 e. The number of para-hydroxylation sites is 1. The number of aromatic hydroxyl groups is 1. The van der Waals surface area contributed by atoms with Crippen molar-refractivity contribution >= 4 is 12.0 Å². The molecule has 0 aromatic heterocycles. The summed E-state index contributed by atoms with van der Waals surface area (Å²) in [7, 11) is 0. The van der Waals surface area contributed by atoms with Crippen LogP contribution in [0.3, 0.4) is 0 Å². The Morgan fingerprint density at radius 3 is 2.50 bits per heavy atom. The quantitative estimate of drug-likeness (QED) is 0.844. The summed E-state index contributed by atoms with van der Waals surface area (Å²) in [4.78, 5) is 25.9. The largest absolute Gasteiger partial charge is 0.508 e. The van der Waals surface area contributed by atoms with Gasteiger partial charge in [-0.3, -0.25) is 4.79 Å². The van der Waals surface area contributed by atoms with Gasteiger partial charge in [0.1, 0.15) is 11.4 Å². The molecule has 1 heterocycles. The molecule has 2 rings (SSSR count). The molecule has 1 saturated heterocycles. The van der Waals surface area contributed by atoms with Crippen LogP contribution in [-0.2, 0) is 16.0 Å². The molecule has 2 N–H and O–H groups in total. The third-order valence-electron chi connectivity index (χ3n) is 4.50. The van der Waals surface area contributed by atoms with Gasteiger partial charge in [0, 0.05) is 26.1 Å². The third kappa shape index (κ3) is 6.58. The van der Waals surface area contributed by atoms with Gasteiger partial charge in [-0.25, -0.2) is 4.79 Å². The first-order valence-corrected chi connectivity index (χ1v) is 9.26. The van der Waals surface area contributed by atoms with E-state index in [0.717, 1.165) is 18.4 Å². The minimum atomic E-state index is -0.493. The number of ether oxygens (including phenoxy) is 1. The minimum Gasteiger partial charge on any atom is -0.508 e. The summed E-state index contributed by atoms with van der Waals surface area (Å²) in [6.45, 7) is 7.51. The van der Waals surface area contributed by atoms with Crippen molar-refractivity contribution in [1.29, 1.82) is 0 Å². The first-order chi connectivity index (χ1) is 12.2. The van der Waals surface area contributed by atoms with Crippen molar-refractivity contribution in [2.45, 2.75) is 52.1 Å². The lowest BCUT2D eigenvalue weighted by molar-refractivity contribution is -0.132. The maximum Gasteiger partial charge on any atom is 0.407 e. The van der Waals surface area contributed by atoms with Crippen molar-refractivity contribution in [2.75, 3.05) is 19.6 Å². The number of benzene rings is 1. The molecule has 144 valence electrons. The molecule has 0 unspecified atom stereocenters. The van der Waals surface area contributed by atoms with Crippen LogP contribution in [-0.4, -0.2) is 47.2 Å². The number of carbonyl (C=O) groups is 2. The number of phenols is 1. The van der Waals surface area contributed by atoms with E-state index in [4.69, 9.17) is 4.74 Å². The number of rotatable bonds is 5. The van der Waals surface area contributed by atoms with Gasteiger partial charge < -0.3 is 20.1 Å². The van der Waals surface area contributed by atoms with Crippen LogP contribution in [0.4, 0.5) is 4.79 Å². The molecule has 6 nitrogen and oxygen atoms in total. The standard InChI is InChI=1S/C20H30N2O4/c1-20(2,3)26-19(25)21-14-15-10-12-22(13-11-15)18(24)9-8-16-6-4-5-7-17(16)23/h4-7,15,23H,8-14H2,1-3H3,(H,21,25). The van der Waals surface area contributed by atoms with Gasteiger partial charge in [-0.1, -0.05) is 18.2 Å². The lowest BCUT2D eigenvalue weighted by atomic mass is 9.96. The molecule has 0 saturated carbocycles. The molecular formula is C20H30N2O4. The molecule has 1 aromatic rings. The first-order valence-electron chi connectivity index (χ1n) is 9.26. The van der Waals surface area contributed by atoms with Gasteiger partial charge in [0.15, 0.2) is 0 Å². The summed E-state index contributed by atoms with van der Waals surface area (Å²) in [5.74, 6) is 0.726. The molecule has 1 aliphatic rings. The normalized spacial score (nSPS) is 15.6. The topological polar surface area (TPSA) is 78.9 Å². The highest BCUT2D eigenvalue weighted by molar-refractivity contribution is 5.76. The van der Waals surface area contributed by atoms with Crippen LogP contribution >= 0.6 is 0 Å². The minimum absolute atomic E-state index is 0.117. The Kier molecular flexibility index (Phi) is 6.89. The number of carbonyl (C=O) groups excluding carboxylic acids is 2. The van der Waals surface area contributed by atoms with Crippen LogP contribution in [0.1, 0.15) is 45.6 Å². The lowest BCUT2D eigenvalue weighted by Gasteiger charge is -2.32. The van der Waals surface area contributed by atoms with Crippen molar-refractivity contribution in [3.8, 4) is 5.75 Å². The van der Waals surface area contributed by atoms with E-state index in [2.05, 4.69) is 5.32 Å². The lowest BCUT2D eigenvalue weighted by Crippen LogP contribution is -2.42. The maximum absolute atomic E-state index is 12.4. The van der Waals surface area contributed by atoms with Crippen molar-refractivity contribution in [1.82, 2.24) is 10.2 Å². The van der Waals surface area contributed by atoms with Gasteiger partial charge in [0.25, 0.3) is 0 Å². The summed E-state index contributed by atoms with van der Waals surface area (Å²) in [5.41, 5.74) is 0.310. The maximum atomic E-state index is 12.4. The summed E-state index contributed by atoms with van der Waals surface area (Å²) in [6, 6.07) is 7.12. The highest BCUT2D eigenvalue weighted by Crippen LogP contribution is 2.20. The van der Waals surface area contributed by atoms with Crippen molar-refractivity contribution in [3.63, 3.8) is 0 Å². The fourth-order valence-corrected chi connectivity index (χ4v) is 3.05. The Morgan fingerprint density at radius 2 is 1.88 bits per heavy atom. The zero-order valence-corrected chi connectivity index (χ0v) is 16.0. The molecule has 1 fully saturated rings. The van der Waals surface area contributed by atoms with E-state index in [1.54, 1.807) is 12.1 Å². The van der Waals surface area contributed by atoms with E-state index in [1.807, 2.05) is 37.8 Å². The zero-order chi connectivity index (χ0) is 19.2. The Labute approximate surface area is 155 Å². The molecule has 0 radical (unpaired) electrons. The van der Waals surface area contributed by atoms with Crippen molar-refractivity contribution in [2.24, 2.45) is 5.92 Å². The zero-order valence-electron chi connectivity index (χ0n) is 16.0. The van der Waals surface area contributed by atoms with E-state index >= 15 is 0 Å². The Hall–Kier alpha value is -2.24. The van der Waals surface area contributed by atoms with E-state index in [9.17, 15) is 14.7 Å². The van der Waals surface area contributed by atoms with Crippen molar-refractivity contribution in [3.05, 3.63) is 29.8 Å². The van der Waals surface area contributed by atoms with Crippen LogP contribution in [0.25, 0.3) is 0 Å². The second-order valence-electron chi connectivity index (χ2n) is 7.84. The van der Waals surface area contributed by atoms with Crippen LogP contribution in [0, 0.1) is 5.92 Å². The van der Waals surface area contributed by atoms with Crippen molar-refractivity contribution < 1.29 is 19.4 Å². The second-order valence-corrected chi connectivity index (χ2v) is 7.84. The number of hydrogen-bond acceptors (Lipinski definition) is 4. The molecule has 0 aliphatic carbocycles. The number of hydrogen-bond donors (Lipinski definition) is 2. The number of phenolic OH excluding ortho intramolecular Hbond substituents is 1. The van der Waals surface area contributed by atoms with E-state index < -0.39 is 11.7 Å². The first kappa shape index (κ1) is 20.1. The highest BCUT2D eigenvalue weighted by Gasteiger charge is 2.24. The van der Waals surface area contributed by atoms with Gasteiger partial charge in [0.2, 0.25) is 5.91 Å². The Morgan fingerprint density at radius 1 is 1.23 bits per heavy atom. The molecule has 0 spiro atoms. The highest BCUT2D eigenvalue weighted by atomic mass is 16.6. The van der Waals surface area contributed by atoms with Crippen LogP contribution in [0.15, 0.2) is 24.3 Å². The van der Waals surface area contributed by atoms with E-state index in [0.29, 0.717) is 38.4 Å². The fourth-order valence-electron chi connectivity index (χ4n) is 3.05. The summed E-state index contributed by atoms with van der Waals surface area (Å²) in [6.07, 6.45) is 2.30. The molecule has 26 heavy (non-hydrogen) atoms. The fraction of sp³-hybridized carbons (Fsp3) is 0.600. The Balaban J connectivity index is 1.68. The van der Waals surface area contributed by atoms with E-state index in [1.165, 1.54) is 0 Å². The molecule has 0 bridgehead atoms. The van der Waals surface area contributed by atoms with Gasteiger partial charge in [-0.05, 0) is 57.6 Å². The monoisotopic (exact) mass is 362 g/mol. The third-order valence-corrected chi connectivity index (χ3v) is 4.50. The van der Waals surface area contributed by atoms with Gasteiger partial charge in [0.05, 0.1) is 0 Å². The van der Waals surface area contributed by atoms with Crippen LogP contribution in [0.5, 0.6) is 5.75 Å². The summed E-state index contributed by atoms with van der Waals surface area (Å²) in [5, 5.41) is 12.6. The summed E-state index contributed by atoms with van der Waals surface area (Å²) < 4.78 is 5.24. The van der Waals surface area contributed by atoms with Crippen LogP contribution < -0.4 is 5.32 Å². The summed E-state index contributed by atoms with van der Waals surface area (Å²) >= 11 is 0. The molecule has 0 atom stereocenters. The second kappa shape index (κ2) is 8.92. The SMILES string of the molecule is CC(C)(C)OC(=O)NCC1CCN(C(=O)CCc2ccccc2O)CC1. The predicted octanol–water partition coefficient (Wildman–Crippen LogP) is 3.09. The van der Waals surface area contributed by atoms with Gasteiger partial charge >= 0.3 is 6.09 Å². The van der Waals surface area contributed by atoms with Crippen LogP contribution in [0.2, 0.25) is 0 Å². The predicted molar refractivity (Wildman–Crippen MR) is 100.0 cm³/mol. The van der Waals surface area contributed by atoms with E-state index in [-0.39, 0.29) is 11.7 Å². The molecule has 1 aromatic carbocycles. The molecule has 2 amide bonds. The molecule has 1 aliphatic heterocycles. The van der Waals surface area contributed by atoms with Gasteiger partial charge in [-0.15, -0.1) is 0 Å². The number of nitrogens with one attached hydrogen (secondary N) is 1. The molecule has 6 heteroatoms. The Bertz CT molecular complexity index is 616. The van der Waals surface area contributed by atoms with Gasteiger partial charge in [-0.2, -0.15) is 0 Å². The number of likely N-dealkylation sites (tertiary alicyclic amines) is 1. The number of piperidine rings is 1.